The van der Waals surface area contributed by atoms with Crippen LogP contribution in [0, 0.1) is 12.7 Å². The van der Waals surface area contributed by atoms with Crippen LogP contribution in [0.1, 0.15) is 30.5 Å². The molecule has 1 unspecified atom stereocenters. The molecule has 1 saturated heterocycles. The Balaban J connectivity index is 2.21. The molecule has 0 radical (unpaired) electrons. The molecule has 1 atom stereocenters. The van der Waals surface area contributed by atoms with Crippen LogP contribution < -0.4 is 5.32 Å². The van der Waals surface area contributed by atoms with E-state index in [-0.39, 0.29) is 36.6 Å². The smallest absolute Gasteiger partial charge is 0.242 e. The number of rotatable bonds is 2. The number of carbonyl (C=O) groups is 2. The number of nitrogens with zero attached hydrogens (tertiary/aromatic N) is 1. The van der Waals surface area contributed by atoms with Gasteiger partial charge in [-0.2, -0.15) is 0 Å². The van der Waals surface area contributed by atoms with Gasteiger partial charge in [0, 0.05) is 13.0 Å². The summed E-state index contributed by atoms with van der Waals surface area (Å²) in [6.07, 6.45) is 0.282. The third-order valence-corrected chi connectivity index (χ3v) is 3.48. The predicted octanol–water partition coefficient (Wildman–Crippen LogP) is 1.54. The van der Waals surface area contributed by atoms with E-state index in [4.69, 9.17) is 0 Å². The molecular formula is C14H17FN2O2. The molecule has 1 aliphatic heterocycles. The summed E-state index contributed by atoms with van der Waals surface area (Å²) in [7, 11) is 0. The molecule has 2 rings (SSSR count). The first-order chi connectivity index (χ1) is 8.99. The summed E-state index contributed by atoms with van der Waals surface area (Å²) in [5.74, 6) is -0.543. The molecule has 0 saturated carbocycles. The van der Waals surface area contributed by atoms with E-state index in [0.29, 0.717) is 12.1 Å². The normalized spacial score (nSPS) is 17.9. The summed E-state index contributed by atoms with van der Waals surface area (Å²) in [4.78, 5) is 24.8. The zero-order valence-electron chi connectivity index (χ0n) is 11.1. The third kappa shape index (κ3) is 2.92. The molecular weight excluding hydrogens is 247 g/mol. The van der Waals surface area contributed by atoms with E-state index < -0.39 is 0 Å². The van der Waals surface area contributed by atoms with E-state index in [1.165, 1.54) is 6.07 Å². The first kappa shape index (κ1) is 13.5. The molecule has 2 amide bonds. The molecule has 0 aliphatic carbocycles. The van der Waals surface area contributed by atoms with Crippen LogP contribution in [0.4, 0.5) is 4.39 Å². The molecule has 1 fully saturated rings. The van der Waals surface area contributed by atoms with Crippen molar-refractivity contribution >= 4 is 11.8 Å². The Hall–Kier alpha value is -1.91. The molecule has 0 bridgehead atoms. The number of nitrogens with one attached hydrogen (secondary N) is 1. The summed E-state index contributed by atoms with van der Waals surface area (Å²) >= 11 is 0. The SMILES string of the molecule is Cc1ccc(C(C)N2CCC(=O)NCC2=O)cc1F. The highest BCUT2D eigenvalue weighted by Crippen LogP contribution is 2.23. The molecule has 4 nitrogen and oxygen atoms in total. The average Bonchev–Trinajstić information content (AvgIpc) is 2.55. The molecule has 1 aromatic carbocycles. The summed E-state index contributed by atoms with van der Waals surface area (Å²) in [5, 5.41) is 2.55. The van der Waals surface area contributed by atoms with Crippen LogP contribution in [0.3, 0.4) is 0 Å². The highest BCUT2D eigenvalue weighted by molar-refractivity contribution is 5.87. The monoisotopic (exact) mass is 264 g/mol. The van der Waals surface area contributed by atoms with Crippen molar-refractivity contribution in [3.63, 3.8) is 0 Å². The van der Waals surface area contributed by atoms with Crippen LogP contribution in [0.25, 0.3) is 0 Å². The number of benzene rings is 1. The number of hydrogen-bond acceptors (Lipinski definition) is 2. The zero-order valence-corrected chi connectivity index (χ0v) is 11.1. The van der Waals surface area contributed by atoms with Crippen molar-refractivity contribution < 1.29 is 14.0 Å². The van der Waals surface area contributed by atoms with Gasteiger partial charge in [0.1, 0.15) is 5.82 Å². The van der Waals surface area contributed by atoms with E-state index in [1.807, 2.05) is 13.0 Å². The summed E-state index contributed by atoms with van der Waals surface area (Å²) in [5.41, 5.74) is 1.32. The number of aryl methyl sites for hydroxylation is 1. The van der Waals surface area contributed by atoms with Crippen molar-refractivity contribution in [2.75, 3.05) is 13.1 Å². The minimum Gasteiger partial charge on any atom is -0.347 e. The summed E-state index contributed by atoms with van der Waals surface area (Å²) < 4.78 is 13.6. The summed E-state index contributed by atoms with van der Waals surface area (Å²) in [6.45, 7) is 3.92. The lowest BCUT2D eigenvalue weighted by Crippen LogP contribution is -2.37. The van der Waals surface area contributed by atoms with Crippen molar-refractivity contribution in [3.05, 3.63) is 35.1 Å². The van der Waals surface area contributed by atoms with Gasteiger partial charge in [0.25, 0.3) is 0 Å². The molecule has 5 heteroatoms. The zero-order chi connectivity index (χ0) is 14.0. The number of hydrogen-bond donors (Lipinski definition) is 1. The molecule has 1 aliphatic rings. The van der Waals surface area contributed by atoms with Gasteiger partial charge in [-0.1, -0.05) is 12.1 Å². The van der Waals surface area contributed by atoms with Gasteiger partial charge < -0.3 is 10.2 Å². The van der Waals surface area contributed by atoms with Crippen molar-refractivity contribution in [2.24, 2.45) is 0 Å². The van der Waals surface area contributed by atoms with Crippen molar-refractivity contribution in [1.29, 1.82) is 0 Å². The van der Waals surface area contributed by atoms with E-state index in [2.05, 4.69) is 5.32 Å². The fraction of sp³-hybridized carbons (Fsp3) is 0.429. The molecule has 19 heavy (non-hydrogen) atoms. The second-order valence-corrected chi connectivity index (χ2v) is 4.80. The Labute approximate surface area is 111 Å². The van der Waals surface area contributed by atoms with Crippen molar-refractivity contribution in [1.82, 2.24) is 10.2 Å². The van der Waals surface area contributed by atoms with E-state index in [9.17, 15) is 14.0 Å². The lowest BCUT2D eigenvalue weighted by Gasteiger charge is -2.28. The van der Waals surface area contributed by atoms with Crippen LogP contribution in [0.15, 0.2) is 18.2 Å². The maximum Gasteiger partial charge on any atom is 0.242 e. The lowest BCUT2D eigenvalue weighted by molar-refractivity contribution is -0.132. The van der Waals surface area contributed by atoms with Gasteiger partial charge in [0.05, 0.1) is 12.6 Å². The topological polar surface area (TPSA) is 49.4 Å². The van der Waals surface area contributed by atoms with E-state index in [1.54, 1.807) is 17.9 Å². The van der Waals surface area contributed by atoms with E-state index in [0.717, 1.165) is 5.56 Å². The van der Waals surface area contributed by atoms with Gasteiger partial charge in [-0.3, -0.25) is 9.59 Å². The minimum atomic E-state index is -0.277. The number of halogens is 1. The second kappa shape index (κ2) is 5.38. The molecule has 102 valence electrons. The lowest BCUT2D eigenvalue weighted by atomic mass is 10.0. The third-order valence-electron chi connectivity index (χ3n) is 3.48. The standard InChI is InChI=1S/C14H17FN2O2/c1-9-3-4-11(7-12(9)15)10(2)17-6-5-13(18)16-8-14(17)19/h3-4,7,10H,5-6,8H2,1-2H3,(H,16,18). The quantitative estimate of drug-likeness (QED) is 0.881. The van der Waals surface area contributed by atoms with Crippen molar-refractivity contribution in [2.45, 2.75) is 26.3 Å². The molecule has 1 heterocycles. The minimum absolute atomic E-state index is 0.0114. The Morgan fingerprint density at radius 3 is 2.79 bits per heavy atom. The Bertz CT molecular complexity index is 516. The Morgan fingerprint density at radius 2 is 2.11 bits per heavy atom. The molecule has 0 aromatic heterocycles. The second-order valence-electron chi connectivity index (χ2n) is 4.80. The fourth-order valence-corrected chi connectivity index (χ4v) is 2.17. The molecule has 0 spiro atoms. The van der Waals surface area contributed by atoms with Crippen LogP contribution in [-0.2, 0) is 9.59 Å². The first-order valence-electron chi connectivity index (χ1n) is 6.31. The van der Waals surface area contributed by atoms with Gasteiger partial charge >= 0.3 is 0 Å². The number of carbonyl (C=O) groups excluding carboxylic acids is 2. The maximum absolute atomic E-state index is 13.6. The van der Waals surface area contributed by atoms with Crippen LogP contribution in [0.2, 0.25) is 0 Å². The van der Waals surface area contributed by atoms with Crippen LogP contribution in [0.5, 0.6) is 0 Å². The highest BCUT2D eigenvalue weighted by atomic mass is 19.1. The molecule has 1 aromatic rings. The van der Waals surface area contributed by atoms with E-state index >= 15 is 0 Å². The van der Waals surface area contributed by atoms with Gasteiger partial charge in [0.2, 0.25) is 11.8 Å². The van der Waals surface area contributed by atoms with Gasteiger partial charge in [-0.05, 0) is 31.0 Å². The fourth-order valence-electron chi connectivity index (χ4n) is 2.17. The van der Waals surface area contributed by atoms with Gasteiger partial charge in [0.15, 0.2) is 0 Å². The van der Waals surface area contributed by atoms with Crippen LogP contribution >= 0.6 is 0 Å². The number of amides is 2. The Kier molecular flexibility index (Phi) is 3.83. The largest absolute Gasteiger partial charge is 0.347 e. The van der Waals surface area contributed by atoms with Crippen LogP contribution in [-0.4, -0.2) is 29.8 Å². The van der Waals surface area contributed by atoms with Crippen molar-refractivity contribution in [3.8, 4) is 0 Å². The van der Waals surface area contributed by atoms with Gasteiger partial charge in [-0.25, -0.2) is 4.39 Å². The summed E-state index contributed by atoms with van der Waals surface area (Å²) in [6, 6.07) is 4.73. The first-order valence-corrected chi connectivity index (χ1v) is 6.31. The molecule has 1 N–H and O–H groups in total. The Morgan fingerprint density at radius 1 is 1.37 bits per heavy atom. The highest BCUT2D eigenvalue weighted by Gasteiger charge is 2.25. The predicted molar refractivity (Wildman–Crippen MR) is 68.9 cm³/mol. The van der Waals surface area contributed by atoms with Gasteiger partial charge in [-0.15, -0.1) is 0 Å². The maximum atomic E-state index is 13.6. The average molecular weight is 264 g/mol.